The van der Waals surface area contributed by atoms with Crippen molar-refractivity contribution in [1.29, 1.82) is 0 Å². The van der Waals surface area contributed by atoms with E-state index in [4.69, 9.17) is 9.47 Å². The molecular weight excluding hydrogens is 294 g/mol. The molecule has 0 spiro atoms. The van der Waals surface area contributed by atoms with Crippen molar-refractivity contribution in [3.8, 4) is 5.75 Å². The lowest BCUT2D eigenvalue weighted by Gasteiger charge is -2.38. The number of rotatable bonds is 6. The summed E-state index contributed by atoms with van der Waals surface area (Å²) in [5.74, 6) is 0.880. The normalized spacial score (nSPS) is 16.9. The average Bonchev–Trinajstić information content (AvgIpc) is 2.61. The van der Waals surface area contributed by atoms with Gasteiger partial charge in [-0.1, -0.05) is 12.1 Å². The first-order chi connectivity index (χ1) is 11.2. The van der Waals surface area contributed by atoms with Gasteiger partial charge in [0.2, 0.25) is 0 Å². The van der Waals surface area contributed by atoms with Gasteiger partial charge in [-0.2, -0.15) is 0 Å². The van der Waals surface area contributed by atoms with Crippen LogP contribution in [0.1, 0.15) is 18.5 Å². The van der Waals surface area contributed by atoms with E-state index in [0.29, 0.717) is 19.2 Å². The number of urea groups is 1. The number of benzene rings is 1. The molecule has 1 aliphatic rings. The van der Waals surface area contributed by atoms with E-state index in [0.717, 1.165) is 31.9 Å². The Morgan fingerprint density at radius 3 is 2.65 bits per heavy atom. The highest BCUT2D eigenvalue weighted by atomic mass is 16.5. The monoisotopic (exact) mass is 321 g/mol. The second-order valence-corrected chi connectivity index (χ2v) is 5.70. The van der Waals surface area contributed by atoms with E-state index >= 15 is 0 Å². The molecule has 0 radical (unpaired) electrons. The van der Waals surface area contributed by atoms with Crippen LogP contribution in [0.2, 0.25) is 0 Å². The molecule has 0 aliphatic carbocycles. The van der Waals surface area contributed by atoms with Crippen molar-refractivity contribution < 1.29 is 14.3 Å². The van der Waals surface area contributed by atoms with Gasteiger partial charge >= 0.3 is 6.03 Å². The van der Waals surface area contributed by atoms with E-state index in [1.165, 1.54) is 5.56 Å². The number of ether oxygens (including phenoxy) is 2. The minimum Gasteiger partial charge on any atom is -0.497 e. The predicted molar refractivity (Wildman–Crippen MR) is 89.8 cm³/mol. The Kier molecular flexibility index (Phi) is 6.67. The molecule has 0 aromatic heterocycles. The zero-order chi connectivity index (χ0) is 16.7. The van der Waals surface area contributed by atoms with Crippen LogP contribution in [0.5, 0.6) is 5.75 Å². The predicted octanol–water partition coefficient (Wildman–Crippen LogP) is 1.73. The van der Waals surface area contributed by atoms with E-state index in [2.05, 4.69) is 29.3 Å². The van der Waals surface area contributed by atoms with Gasteiger partial charge in [-0.3, -0.25) is 4.90 Å². The summed E-state index contributed by atoms with van der Waals surface area (Å²) in [6.45, 7) is 6.52. The maximum Gasteiger partial charge on any atom is 0.317 e. The molecule has 1 N–H and O–H groups in total. The smallest absolute Gasteiger partial charge is 0.317 e. The first kappa shape index (κ1) is 17.6. The summed E-state index contributed by atoms with van der Waals surface area (Å²) in [6.07, 6.45) is 0. The molecule has 1 atom stereocenters. The Morgan fingerprint density at radius 2 is 2.00 bits per heavy atom. The van der Waals surface area contributed by atoms with Crippen molar-refractivity contribution in [3.63, 3.8) is 0 Å². The van der Waals surface area contributed by atoms with Crippen LogP contribution in [0.4, 0.5) is 4.79 Å². The first-order valence-electron chi connectivity index (χ1n) is 8.05. The Morgan fingerprint density at radius 1 is 1.26 bits per heavy atom. The first-order valence-corrected chi connectivity index (χ1v) is 8.05. The van der Waals surface area contributed by atoms with Gasteiger partial charge in [0, 0.05) is 45.9 Å². The highest BCUT2D eigenvalue weighted by molar-refractivity contribution is 5.74. The van der Waals surface area contributed by atoms with Crippen molar-refractivity contribution in [2.24, 2.45) is 0 Å². The van der Waals surface area contributed by atoms with Crippen molar-refractivity contribution in [2.75, 3.05) is 53.6 Å². The van der Waals surface area contributed by atoms with Crippen LogP contribution in [0, 0.1) is 0 Å². The zero-order valence-corrected chi connectivity index (χ0v) is 14.2. The number of hydrogen-bond acceptors (Lipinski definition) is 4. The summed E-state index contributed by atoms with van der Waals surface area (Å²) in [7, 11) is 3.32. The average molecular weight is 321 g/mol. The molecule has 6 heteroatoms. The van der Waals surface area contributed by atoms with Gasteiger partial charge in [0.15, 0.2) is 0 Å². The van der Waals surface area contributed by atoms with Crippen molar-refractivity contribution in [2.45, 2.75) is 13.0 Å². The second kappa shape index (κ2) is 8.74. The summed E-state index contributed by atoms with van der Waals surface area (Å²) in [5.41, 5.74) is 1.24. The van der Waals surface area contributed by atoms with E-state index in [1.807, 2.05) is 17.0 Å². The largest absolute Gasteiger partial charge is 0.497 e. The fraction of sp³-hybridized carbons (Fsp3) is 0.588. The minimum atomic E-state index is -0.00395. The van der Waals surface area contributed by atoms with Crippen molar-refractivity contribution in [3.05, 3.63) is 29.8 Å². The Balaban J connectivity index is 1.84. The number of nitrogens with one attached hydrogen (secondary N) is 1. The third-order valence-corrected chi connectivity index (χ3v) is 4.31. The zero-order valence-electron chi connectivity index (χ0n) is 14.2. The molecule has 0 unspecified atom stereocenters. The van der Waals surface area contributed by atoms with E-state index in [-0.39, 0.29) is 6.03 Å². The highest BCUT2D eigenvalue weighted by Crippen LogP contribution is 2.24. The number of piperazine rings is 1. The molecule has 1 aromatic carbocycles. The van der Waals surface area contributed by atoms with Gasteiger partial charge in [-0.25, -0.2) is 4.79 Å². The lowest BCUT2D eigenvalue weighted by Crippen LogP contribution is -2.52. The van der Waals surface area contributed by atoms with E-state index < -0.39 is 0 Å². The molecule has 0 saturated carbocycles. The molecule has 1 aromatic rings. The third kappa shape index (κ3) is 4.84. The van der Waals surface area contributed by atoms with Crippen LogP contribution in [0.15, 0.2) is 24.3 Å². The summed E-state index contributed by atoms with van der Waals surface area (Å²) < 4.78 is 10.2. The van der Waals surface area contributed by atoms with Crippen LogP contribution in [0.3, 0.4) is 0 Å². The molecule has 1 fully saturated rings. The summed E-state index contributed by atoms with van der Waals surface area (Å²) in [4.78, 5) is 16.3. The Hall–Kier alpha value is -1.79. The molecule has 0 bridgehead atoms. The SMILES string of the molecule is COCCNC(=O)N1CCN([C@@H](C)c2cccc(OC)c2)CC1. The number of amides is 2. The number of carbonyl (C=O) groups excluding carboxylic acids is 1. The lowest BCUT2D eigenvalue weighted by molar-refractivity contribution is 0.112. The summed E-state index contributed by atoms with van der Waals surface area (Å²) >= 11 is 0. The summed E-state index contributed by atoms with van der Waals surface area (Å²) in [6, 6.07) is 8.48. The molecule has 1 aliphatic heterocycles. The summed E-state index contributed by atoms with van der Waals surface area (Å²) in [5, 5.41) is 2.87. The number of methoxy groups -OCH3 is 2. The van der Waals surface area contributed by atoms with Crippen LogP contribution in [-0.2, 0) is 4.74 Å². The van der Waals surface area contributed by atoms with Crippen LogP contribution >= 0.6 is 0 Å². The minimum absolute atomic E-state index is 0.00395. The standard InChI is InChI=1S/C17H27N3O3/c1-14(15-5-4-6-16(13-15)23-3)19-8-10-20(11-9-19)17(21)18-7-12-22-2/h4-6,13-14H,7-12H2,1-3H3,(H,18,21)/t14-/m0/s1. The van der Waals surface area contributed by atoms with Crippen LogP contribution in [0.25, 0.3) is 0 Å². The molecule has 128 valence electrons. The van der Waals surface area contributed by atoms with Gasteiger partial charge in [0.05, 0.1) is 13.7 Å². The second-order valence-electron chi connectivity index (χ2n) is 5.70. The van der Waals surface area contributed by atoms with Crippen LogP contribution in [-0.4, -0.2) is 69.4 Å². The molecule has 6 nitrogen and oxygen atoms in total. The molecule has 1 heterocycles. The van der Waals surface area contributed by atoms with Crippen LogP contribution < -0.4 is 10.1 Å². The van der Waals surface area contributed by atoms with Gasteiger partial charge in [0.1, 0.15) is 5.75 Å². The number of carbonyl (C=O) groups is 1. The maximum absolute atomic E-state index is 12.0. The Labute approximate surface area is 138 Å². The topological polar surface area (TPSA) is 54.0 Å². The van der Waals surface area contributed by atoms with E-state index in [9.17, 15) is 4.79 Å². The maximum atomic E-state index is 12.0. The fourth-order valence-corrected chi connectivity index (χ4v) is 2.80. The van der Waals surface area contributed by atoms with E-state index in [1.54, 1.807) is 14.2 Å². The number of hydrogen-bond donors (Lipinski definition) is 1. The number of nitrogens with zero attached hydrogens (tertiary/aromatic N) is 2. The third-order valence-electron chi connectivity index (χ3n) is 4.31. The molecule has 1 saturated heterocycles. The van der Waals surface area contributed by atoms with Gasteiger partial charge < -0.3 is 19.7 Å². The molecule has 23 heavy (non-hydrogen) atoms. The lowest BCUT2D eigenvalue weighted by atomic mass is 10.1. The molecular formula is C17H27N3O3. The Bertz CT molecular complexity index is 502. The van der Waals surface area contributed by atoms with Gasteiger partial charge in [0.25, 0.3) is 0 Å². The quantitative estimate of drug-likeness (QED) is 0.811. The van der Waals surface area contributed by atoms with Gasteiger partial charge in [-0.15, -0.1) is 0 Å². The van der Waals surface area contributed by atoms with Crippen molar-refractivity contribution >= 4 is 6.03 Å². The molecule has 2 amide bonds. The molecule has 2 rings (SSSR count). The fourth-order valence-electron chi connectivity index (χ4n) is 2.80. The van der Waals surface area contributed by atoms with Crippen molar-refractivity contribution in [1.82, 2.24) is 15.1 Å². The van der Waals surface area contributed by atoms with Gasteiger partial charge in [-0.05, 0) is 24.6 Å². The highest BCUT2D eigenvalue weighted by Gasteiger charge is 2.24.